The van der Waals surface area contributed by atoms with Gasteiger partial charge in [-0.3, -0.25) is 4.90 Å². The van der Waals surface area contributed by atoms with E-state index >= 15 is 0 Å². The Morgan fingerprint density at radius 1 is 0.844 bits per heavy atom. The fraction of sp³-hybridized carbons (Fsp3) is 0.478. The fourth-order valence-corrected chi connectivity index (χ4v) is 5.15. The number of fused-ring (bicyclic) bond motifs is 2. The molecule has 0 atom stereocenters. The molecule has 2 aliphatic rings. The van der Waals surface area contributed by atoms with E-state index in [9.17, 15) is 13.2 Å². The summed E-state index contributed by atoms with van der Waals surface area (Å²) >= 11 is 1.53. The predicted octanol–water partition coefficient (Wildman–Crippen LogP) is 5.11. The van der Waals surface area contributed by atoms with E-state index in [-0.39, 0.29) is 20.2 Å². The Balaban J connectivity index is 0.00000181. The number of nitrogens with zero attached hydrogens (tertiary/aromatic N) is 3. The summed E-state index contributed by atoms with van der Waals surface area (Å²) in [7, 11) is 0. The van der Waals surface area contributed by atoms with Gasteiger partial charge in [-0.25, -0.2) is 0 Å². The Morgan fingerprint density at radius 2 is 1.47 bits per heavy atom. The molecule has 5 nitrogen and oxygen atoms in total. The number of piperazine rings is 1. The Bertz CT molecular complexity index is 873. The Morgan fingerprint density at radius 3 is 2.12 bits per heavy atom. The summed E-state index contributed by atoms with van der Waals surface area (Å²) < 4.78 is 39.9. The standard InChI is InChI=1S/C22H26F3N3OS.CH4.H3N/c23-22(24,25)17-6-7-21-19(16-17)28(18-4-1-2-5-20(18)30-21)9-3-8-26-10-12-27(13-11-26)14-15-29;;/h1-2,4-7,16,29H,3,8-15H2;1H4;1H3. The molecule has 2 heterocycles. The molecule has 1 fully saturated rings. The van der Waals surface area contributed by atoms with Gasteiger partial charge in [0.1, 0.15) is 0 Å². The quantitative estimate of drug-likeness (QED) is 0.612. The lowest BCUT2D eigenvalue weighted by Gasteiger charge is -2.36. The van der Waals surface area contributed by atoms with Crippen LogP contribution in [0, 0.1) is 0 Å². The van der Waals surface area contributed by atoms with E-state index in [1.807, 2.05) is 29.2 Å². The van der Waals surface area contributed by atoms with Gasteiger partial charge < -0.3 is 21.1 Å². The maximum atomic E-state index is 13.3. The number of rotatable bonds is 6. The van der Waals surface area contributed by atoms with E-state index in [0.717, 1.165) is 54.6 Å². The van der Waals surface area contributed by atoms with Crippen molar-refractivity contribution in [3.63, 3.8) is 0 Å². The van der Waals surface area contributed by atoms with Gasteiger partial charge >= 0.3 is 6.18 Å². The van der Waals surface area contributed by atoms with Crippen LogP contribution < -0.4 is 11.1 Å². The third-order valence-electron chi connectivity index (χ3n) is 5.69. The van der Waals surface area contributed by atoms with E-state index in [4.69, 9.17) is 5.11 Å². The molecule has 0 saturated carbocycles. The van der Waals surface area contributed by atoms with Crippen molar-refractivity contribution in [1.82, 2.24) is 16.0 Å². The molecule has 9 heteroatoms. The highest BCUT2D eigenvalue weighted by atomic mass is 32.2. The average Bonchev–Trinajstić information content (AvgIpc) is 2.73. The molecule has 4 rings (SSSR count). The van der Waals surface area contributed by atoms with Crippen LogP contribution in [0.15, 0.2) is 52.3 Å². The van der Waals surface area contributed by atoms with Crippen molar-refractivity contribution in [2.75, 3.05) is 57.3 Å². The van der Waals surface area contributed by atoms with Crippen LogP contribution in [0.25, 0.3) is 0 Å². The number of hydrogen-bond acceptors (Lipinski definition) is 6. The van der Waals surface area contributed by atoms with Gasteiger partial charge in [0.2, 0.25) is 0 Å². The molecule has 178 valence electrons. The molecule has 2 aliphatic heterocycles. The van der Waals surface area contributed by atoms with Crippen molar-refractivity contribution >= 4 is 23.1 Å². The van der Waals surface area contributed by atoms with Gasteiger partial charge in [-0.1, -0.05) is 31.3 Å². The zero-order chi connectivity index (χ0) is 21.1. The minimum absolute atomic E-state index is 0. The molecule has 1 saturated heterocycles. The van der Waals surface area contributed by atoms with Crippen LogP contribution in [0.4, 0.5) is 24.5 Å². The highest BCUT2D eigenvalue weighted by Crippen LogP contribution is 2.49. The van der Waals surface area contributed by atoms with Gasteiger partial charge in [-0.15, -0.1) is 0 Å². The normalized spacial score (nSPS) is 16.6. The number of β-amino-alcohol motifs (C(OH)–C–C–N with tert-alkyl or cyclic N) is 1. The summed E-state index contributed by atoms with van der Waals surface area (Å²) in [4.78, 5) is 8.62. The van der Waals surface area contributed by atoms with Gasteiger partial charge in [0.15, 0.2) is 0 Å². The largest absolute Gasteiger partial charge is 0.416 e. The van der Waals surface area contributed by atoms with E-state index in [2.05, 4.69) is 9.80 Å². The zero-order valence-corrected chi connectivity index (χ0v) is 18.3. The smallest absolute Gasteiger partial charge is 0.395 e. The second-order valence-electron chi connectivity index (χ2n) is 7.66. The van der Waals surface area contributed by atoms with Crippen LogP contribution in [-0.4, -0.2) is 67.3 Å². The van der Waals surface area contributed by atoms with Gasteiger partial charge in [0.05, 0.1) is 23.5 Å². The number of aliphatic hydroxyl groups excluding tert-OH is 1. The summed E-state index contributed by atoms with van der Waals surface area (Å²) in [5, 5.41) is 9.07. The molecule has 0 spiro atoms. The number of aliphatic hydroxyl groups is 1. The molecule has 4 N–H and O–H groups in total. The van der Waals surface area contributed by atoms with E-state index in [1.54, 1.807) is 6.07 Å². The molecule has 0 unspecified atom stereocenters. The summed E-state index contributed by atoms with van der Waals surface area (Å²) in [5.74, 6) is 0. The van der Waals surface area contributed by atoms with Gasteiger partial charge in [-0.05, 0) is 43.3 Å². The first-order valence-electron chi connectivity index (χ1n) is 10.3. The molecule has 0 bridgehead atoms. The molecule has 0 radical (unpaired) electrons. The second-order valence-corrected chi connectivity index (χ2v) is 8.75. The van der Waals surface area contributed by atoms with Crippen molar-refractivity contribution in [2.24, 2.45) is 0 Å². The van der Waals surface area contributed by atoms with E-state index in [0.29, 0.717) is 18.8 Å². The number of benzene rings is 2. The average molecular weight is 471 g/mol. The number of hydrogen-bond donors (Lipinski definition) is 2. The van der Waals surface area contributed by atoms with Gasteiger partial charge in [-0.2, -0.15) is 13.2 Å². The van der Waals surface area contributed by atoms with Crippen molar-refractivity contribution in [1.29, 1.82) is 0 Å². The molecule has 2 aromatic carbocycles. The first kappa shape index (κ1) is 26.5. The van der Waals surface area contributed by atoms with Crippen LogP contribution in [0.3, 0.4) is 0 Å². The zero-order valence-electron chi connectivity index (χ0n) is 17.4. The van der Waals surface area contributed by atoms with Crippen molar-refractivity contribution in [2.45, 2.75) is 29.8 Å². The van der Waals surface area contributed by atoms with Crippen LogP contribution in [0.2, 0.25) is 0 Å². The van der Waals surface area contributed by atoms with Crippen LogP contribution in [-0.2, 0) is 6.18 Å². The summed E-state index contributed by atoms with van der Waals surface area (Å²) in [6, 6.07) is 11.9. The Kier molecular flexibility index (Phi) is 9.41. The van der Waals surface area contributed by atoms with Gasteiger partial charge in [0.25, 0.3) is 0 Å². The first-order chi connectivity index (χ1) is 14.5. The summed E-state index contributed by atoms with van der Waals surface area (Å²) in [6.07, 6.45) is -3.48. The lowest BCUT2D eigenvalue weighted by atomic mass is 10.1. The van der Waals surface area contributed by atoms with Crippen LogP contribution in [0.1, 0.15) is 19.4 Å². The molecule has 32 heavy (non-hydrogen) atoms. The minimum Gasteiger partial charge on any atom is -0.395 e. The lowest BCUT2D eigenvalue weighted by Crippen LogP contribution is -2.47. The monoisotopic (exact) mass is 470 g/mol. The molecule has 0 amide bonds. The fourth-order valence-electron chi connectivity index (χ4n) is 4.08. The first-order valence-corrected chi connectivity index (χ1v) is 11.1. The maximum absolute atomic E-state index is 13.3. The number of para-hydroxylation sites is 1. The molecular weight excluding hydrogens is 437 g/mol. The topological polar surface area (TPSA) is 65.0 Å². The van der Waals surface area contributed by atoms with E-state index < -0.39 is 11.7 Å². The van der Waals surface area contributed by atoms with Crippen LogP contribution in [0.5, 0.6) is 0 Å². The Hall–Kier alpha value is -1.78. The van der Waals surface area contributed by atoms with Gasteiger partial charge in [0, 0.05) is 49.1 Å². The summed E-state index contributed by atoms with van der Waals surface area (Å²) in [6.45, 7) is 6.29. The highest BCUT2D eigenvalue weighted by Gasteiger charge is 2.33. The minimum atomic E-state index is -4.35. The SMILES string of the molecule is C.N.OCCN1CCN(CCCN2c3ccccc3Sc3ccc(C(F)(F)F)cc32)CC1. The lowest BCUT2D eigenvalue weighted by molar-refractivity contribution is -0.137. The number of alkyl halides is 3. The number of halogens is 3. The van der Waals surface area contributed by atoms with Crippen molar-refractivity contribution < 1.29 is 18.3 Å². The Labute approximate surface area is 192 Å². The third kappa shape index (κ3) is 5.96. The van der Waals surface area contributed by atoms with E-state index in [1.165, 1.54) is 23.9 Å². The highest BCUT2D eigenvalue weighted by molar-refractivity contribution is 7.99. The molecular formula is C23H33F3N4OS. The third-order valence-corrected chi connectivity index (χ3v) is 6.82. The molecule has 0 aliphatic carbocycles. The maximum Gasteiger partial charge on any atom is 0.416 e. The second kappa shape index (κ2) is 11.4. The number of anilines is 2. The predicted molar refractivity (Wildman–Crippen MR) is 125 cm³/mol. The molecule has 0 aromatic heterocycles. The van der Waals surface area contributed by atoms with Crippen molar-refractivity contribution in [3.05, 3.63) is 48.0 Å². The van der Waals surface area contributed by atoms with Crippen LogP contribution >= 0.6 is 11.8 Å². The molecule has 2 aromatic rings. The summed E-state index contributed by atoms with van der Waals surface area (Å²) in [5.41, 5.74) is 1.01. The van der Waals surface area contributed by atoms with Crippen molar-refractivity contribution in [3.8, 4) is 0 Å².